The van der Waals surface area contributed by atoms with Crippen molar-refractivity contribution in [1.29, 1.82) is 0 Å². The number of aromatic nitrogens is 4. The highest BCUT2D eigenvalue weighted by atomic mass is 32.2. The maximum absolute atomic E-state index is 12.4. The summed E-state index contributed by atoms with van der Waals surface area (Å²) in [7, 11) is -3.03. The van der Waals surface area contributed by atoms with Crippen LogP contribution in [0.25, 0.3) is 5.69 Å². The van der Waals surface area contributed by atoms with E-state index in [1.807, 2.05) is 12.1 Å². The molecular weight excluding hydrogens is 398 g/mol. The Hall–Kier alpha value is -1.94. The molecule has 2 atom stereocenters. The molecule has 0 bridgehead atoms. The molecule has 10 heteroatoms. The van der Waals surface area contributed by atoms with Crippen LogP contribution in [0.4, 0.5) is 0 Å². The summed E-state index contributed by atoms with van der Waals surface area (Å²) in [6, 6.07) is 7.77. The lowest BCUT2D eigenvalue weighted by Crippen LogP contribution is -2.40. The van der Waals surface area contributed by atoms with Crippen LogP contribution in [0, 0.1) is 0 Å². The monoisotopic (exact) mass is 423 g/mol. The van der Waals surface area contributed by atoms with Crippen molar-refractivity contribution in [3.63, 3.8) is 0 Å². The molecule has 1 aliphatic rings. The van der Waals surface area contributed by atoms with Crippen LogP contribution >= 0.6 is 11.8 Å². The zero-order valence-electron chi connectivity index (χ0n) is 16.0. The van der Waals surface area contributed by atoms with Gasteiger partial charge in [0.1, 0.15) is 0 Å². The number of carbonyl (C=O) groups excluding carboxylic acids is 1. The molecule has 28 heavy (non-hydrogen) atoms. The molecule has 0 radical (unpaired) electrons. The number of rotatable bonds is 8. The molecule has 8 nitrogen and oxygen atoms in total. The molecule has 152 valence electrons. The third-order valence-corrected chi connectivity index (χ3v) is 7.47. The van der Waals surface area contributed by atoms with Crippen molar-refractivity contribution in [2.24, 2.45) is 0 Å². The first-order chi connectivity index (χ1) is 13.4. The molecule has 0 unspecified atom stereocenters. The molecule has 2 aromatic rings. The first-order valence-electron chi connectivity index (χ1n) is 9.43. The third kappa shape index (κ3) is 5.32. The predicted octanol–water partition coefficient (Wildman–Crippen LogP) is 1.79. The van der Waals surface area contributed by atoms with Crippen LogP contribution in [0.1, 0.15) is 38.7 Å². The van der Waals surface area contributed by atoms with Crippen molar-refractivity contribution < 1.29 is 13.2 Å². The average molecular weight is 424 g/mol. The molecule has 1 fully saturated rings. The molecule has 1 amide bonds. The fourth-order valence-electron chi connectivity index (χ4n) is 3.04. The van der Waals surface area contributed by atoms with Crippen LogP contribution in [0.2, 0.25) is 0 Å². The number of benzene rings is 1. The van der Waals surface area contributed by atoms with Gasteiger partial charge in [0.25, 0.3) is 0 Å². The topological polar surface area (TPSA) is 107 Å². The minimum Gasteiger partial charge on any atom is -0.351 e. The molecule has 1 aliphatic heterocycles. The molecule has 1 aromatic heterocycles. The van der Waals surface area contributed by atoms with E-state index in [4.69, 9.17) is 0 Å². The van der Waals surface area contributed by atoms with E-state index in [9.17, 15) is 13.2 Å². The fourth-order valence-corrected chi connectivity index (χ4v) is 5.53. The van der Waals surface area contributed by atoms with E-state index < -0.39 is 15.1 Å². The lowest BCUT2D eigenvalue weighted by Gasteiger charge is -2.15. The molecule has 1 N–H and O–H groups in total. The van der Waals surface area contributed by atoms with Crippen molar-refractivity contribution in [3.05, 3.63) is 29.8 Å². The molecule has 1 aromatic carbocycles. The van der Waals surface area contributed by atoms with E-state index in [-0.39, 0.29) is 23.5 Å². The Morgan fingerprint density at radius 1 is 1.36 bits per heavy atom. The zero-order valence-corrected chi connectivity index (χ0v) is 17.7. The predicted molar refractivity (Wildman–Crippen MR) is 108 cm³/mol. The number of nitrogens with zero attached hydrogens (tertiary/aromatic N) is 4. The van der Waals surface area contributed by atoms with Gasteiger partial charge in [0.15, 0.2) is 9.84 Å². The van der Waals surface area contributed by atoms with Crippen molar-refractivity contribution in [2.75, 3.05) is 11.5 Å². The van der Waals surface area contributed by atoms with Gasteiger partial charge in [0.05, 0.1) is 22.4 Å². The second-order valence-corrected chi connectivity index (χ2v) is 10.5. The maximum Gasteiger partial charge on any atom is 0.233 e. The van der Waals surface area contributed by atoms with Crippen LogP contribution in [-0.2, 0) is 21.1 Å². The highest BCUT2D eigenvalue weighted by Gasteiger charge is 2.30. The Morgan fingerprint density at radius 3 is 2.75 bits per heavy atom. The van der Waals surface area contributed by atoms with Crippen LogP contribution in [-0.4, -0.2) is 57.3 Å². The van der Waals surface area contributed by atoms with Gasteiger partial charge in [0.2, 0.25) is 11.1 Å². The summed E-state index contributed by atoms with van der Waals surface area (Å²) in [4.78, 5) is 12.4. The fraction of sp³-hybridized carbons (Fsp3) is 0.556. The number of amides is 1. The van der Waals surface area contributed by atoms with Crippen LogP contribution in [0.3, 0.4) is 0 Å². The van der Waals surface area contributed by atoms with Gasteiger partial charge in [-0.25, -0.2) is 8.42 Å². The molecule has 1 saturated heterocycles. The van der Waals surface area contributed by atoms with Gasteiger partial charge in [-0.1, -0.05) is 37.2 Å². The summed E-state index contributed by atoms with van der Waals surface area (Å²) in [6.45, 7) is 3.93. The number of thioether (sulfide) groups is 1. The van der Waals surface area contributed by atoms with Crippen LogP contribution in [0.5, 0.6) is 0 Å². The first kappa shape index (κ1) is 20.8. The Morgan fingerprint density at radius 2 is 2.11 bits per heavy atom. The van der Waals surface area contributed by atoms with E-state index in [1.165, 1.54) is 17.3 Å². The summed E-state index contributed by atoms with van der Waals surface area (Å²) < 4.78 is 24.7. The van der Waals surface area contributed by atoms with E-state index in [0.717, 1.165) is 24.9 Å². The van der Waals surface area contributed by atoms with Gasteiger partial charge in [-0.2, -0.15) is 4.68 Å². The average Bonchev–Trinajstić information content (AvgIpc) is 3.26. The van der Waals surface area contributed by atoms with E-state index in [1.54, 1.807) is 11.6 Å². The van der Waals surface area contributed by atoms with E-state index in [2.05, 4.69) is 39.9 Å². The van der Waals surface area contributed by atoms with Gasteiger partial charge < -0.3 is 5.32 Å². The van der Waals surface area contributed by atoms with Gasteiger partial charge in [-0.05, 0) is 54.3 Å². The molecule has 3 rings (SSSR count). The maximum atomic E-state index is 12.4. The van der Waals surface area contributed by atoms with E-state index in [0.29, 0.717) is 11.6 Å². The number of carbonyl (C=O) groups is 1. The Labute approximate surface area is 169 Å². The second-order valence-electron chi connectivity index (χ2n) is 7.01. The number of sulfone groups is 1. The summed E-state index contributed by atoms with van der Waals surface area (Å²) in [6.07, 6.45) is 3.82. The molecule has 0 saturated carbocycles. The number of tetrazole rings is 1. The lowest BCUT2D eigenvalue weighted by molar-refractivity contribution is -0.120. The lowest BCUT2D eigenvalue weighted by atomic mass is 10.1. The highest BCUT2D eigenvalue weighted by molar-refractivity contribution is 8.00. The number of unbranched alkanes of at least 4 members (excludes halogenated alkanes) is 1. The minimum absolute atomic E-state index is 0.0121. The van der Waals surface area contributed by atoms with Gasteiger partial charge >= 0.3 is 0 Å². The quantitative estimate of drug-likeness (QED) is 0.645. The zero-order chi connectivity index (χ0) is 20.1. The highest BCUT2D eigenvalue weighted by Crippen LogP contribution is 2.24. The molecule has 0 spiro atoms. The van der Waals surface area contributed by atoms with Crippen molar-refractivity contribution in [3.8, 4) is 5.69 Å². The van der Waals surface area contributed by atoms with Crippen molar-refractivity contribution in [1.82, 2.24) is 25.5 Å². The smallest absolute Gasteiger partial charge is 0.233 e. The molecule has 0 aliphatic carbocycles. The van der Waals surface area contributed by atoms with Crippen molar-refractivity contribution in [2.45, 2.75) is 56.0 Å². The van der Waals surface area contributed by atoms with Gasteiger partial charge in [0, 0.05) is 6.04 Å². The Kier molecular flexibility index (Phi) is 6.71. The van der Waals surface area contributed by atoms with Crippen LogP contribution < -0.4 is 5.32 Å². The number of hydrogen-bond acceptors (Lipinski definition) is 7. The summed E-state index contributed by atoms with van der Waals surface area (Å²) >= 11 is 1.25. The first-order valence-corrected chi connectivity index (χ1v) is 12.1. The molecular formula is C18H25N5O3S2. The normalized spacial score (nSPS) is 19.4. The SMILES string of the molecule is CCCCc1ccc(-n2nnnc2S[C@@H](C)C(=O)N[C@H]2CCS(=O)(=O)C2)cc1. The number of nitrogens with one attached hydrogen (secondary N) is 1. The number of aryl methyl sites for hydroxylation is 1. The largest absolute Gasteiger partial charge is 0.351 e. The second kappa shape index (κ2) is 9.04. The third-order valence-electron chi connectivity index (χ3n) is 4.67. The Bertz CT molecular complexity index is 912. The summed E-state index contributed by atoms with van der Waals surface area (Å²) in [5.74, 6) is -0.0684. The van der Waals surface area contributed by atoms with Crippen molar-refractivity contribution >= 4 is 27.5 Å². The van der Waals surface area contributed by atoms with E-state index >= 15 is 0 Å². The van der Waals surface area contributed by atoms with Gasteiger partial charge in [-0.3, -0.25) is 4.79 Å². The summed E-state index contributed by atoms with van der Waals surface area (Å²) in [5.41, 5.74) is 2.11. The van der Waals surface area contributed by atoms with Gasteiger partial charge in [-0.15, -0.1) is 5.10 Å². The minimum atomic E-state index is -3.03. The van der Waals surface area contributed by atoms with Crippen LogP contribution in [0.15, 0.2) is 29.4 Å². The molecule has 2 heterocycles. The Balaban J connectivity index is 1.62. The number of hydrogen-bond donors (Lipinski definition) is 1. The standard InChI is InChI=1S/C18H25N5O3S2/c1-3-4-5-14-6-8-16(9-7-14)23-18(20-21-22-23)27-13(2)17(24)19-15-10-11-28(25,26)12-15/h6-9,13,15H,3-5,10-12H2,1-2H3,(H,19,24)/t13-,15-/m0/s1. The summed E-state index contributed by atoms with van der Waals surface area (Å²) in [5, 5.41) is 14.7.